The fraction of sp³-hybridized carbons (Fsp3) is 1.00. The molecule has 0 aliphatic rings. The topological polar surface area (TPSA) is 6.48 Å². The van der Waals surface area contributed by atoms with E-state index in [9.17, 15) is 0 Å². The van der Waals surface area contributed by atoms with Gasteiger partial charge in [0.1, 0.15) is 0 Å². The summed E-state index contributed by atoms with van der Waals surface area (Å²) in [5.41, 5.74) is 0. The van der Waals surface area contributed by atoms with Crippen LogP contribution in [0.4, 0.5) is 0 Å². The van der Waals surface area contributed by atoms with Crippen molar-refractivity contribution >= 4 is 21.4 Å². The first-order valence-electron chi connectivity index (χ1n) is 8.82. The quantitative estimate of drug-likeness (QED) is 0.492. The SMILES string of the molecule is CCCN(C)CC[CH2][In]([CH3])[CH2]CCN(C(C)C)C(C)C. The summed E-state index contributed by atoms with van der Waals surface area (Å²) in [5, 5.41) is 0. The summed E-state index contributed by atoms with van der Waals surface area (Å²) in [7, 11) is 2.27. The van der Waals surface area contributed by atoms with Gasteiger partial charge in [-0.1, -0.05) is 0 Å². The van der Waals surface area contributed by atoms with Crippen molar-refractivity contribution in [3.8, 4) is 0 Å². The van der Waals surface area contributed by atoms with Crippen LogP contribution < -0.4 is 0 Å². The van der Waals surface area contributed by atoms with Gasteiger partial charge in [-0.05, 0) is 0 Å². The molecule has 0 aromatic carbocycles. The van der Waals surface area contributed by atoms with Gasteiger partial charge < -0.3 is 0 Å². The Morgan fingerprint density at radius 3 is 1.80 bits per heavy atom. The first-order chi connectivity index (χ1) is 9.38. The molecule has 20 heavy (non-hydrogen) atoms. The maximum atomic E-state index is 2.65. The van der Waals surface area contributed by atoms with Gasteiger partial charge in [-0.2, -0.15) is 0 Å². The Kier molecular flexibility index (Phi) is 12.8. The number of rotatable bonds is 12. The van der Waals surface area contributed by atoms with E-state index in [0.717, 1.165) is 0 Å². The van der Waals surface area contributed by atoms with Crippen LogP contribution in [0.15, 0.2) is 0 Å². The van der Waals surface area contributed by atoms with Crippen LogP contribution in [-0.2, 0) is 0 Å². The Hall–Kier alpha value is 0.790. The number of hydrogen-bond acceptors (Lipinski definition) is 2. The molecular weight excluding hydrogens is 347 g/mol. The van der Waals surface area contributed by atoms with E-state index in [-0.39, 0.29) is 0 Å². The third-order valence-electron chi connectivity index (χ3n) is 4.28. The number of hydrogen-bond donors (Lipinski definition) is 0. The second kappa shape index (κ2) is 12.3. The molecule has 0 aromatic heterocycles. The van der Waals surface area contributed by atoms with Crippen molar-refractivity contribution in [3.63, 3.8) is 0 Å². The molecule has 0 radical (unpaired) electrons. The first-order valence-corrected chi connectivity index (χ1v) is 16.8. The van der Waals surface area contributed by atoms with Crippen LogP contribution in [0, 0.1) is 0 Å². The molecule has 0 spiro atoms. The molecule has 0 amide bonds. The van der Waals surface area contributed by atoms with Crippen molar-refractivity contribution in [2.45, 2.75) is 79.0 Å². The molecule has 0 atom stereocenters. The van der Waals surface area contributed by atoms with Crippen LogP contribution in [-0.4, -0.2) is 70.0 Å². The molecule has 0 aliphatic carbocycles. The van der Waals surface area contributed by atoms with E-state index in [1.807, 2.05) is 0 Å². The summed E-state index contributed by atoms with van der Waals surface area (Å²) >= 11 is -1.14. The van der Waals surface area contributed by atoms with E-state index in [2.05, 4.69) is 56.1 Å². The van der Waals surface area contributed by atoms with Crippen molar-refractivity contribution in [2.24, 2.45) is 0 Å². The third-order valence-corrected chi connectivity index (χ3v) is 12.2. The molecular formula is C17H39InN2. The molecule has 0 aromatic rings. The third kappa shape index (κ3) is 10.5. The van der Waals surface area contributed by atoms with Crippen molar-refractivity contribution in [1.29, 1.82) is 0 Å². The van der Waals surface area contributed by atoms with Gasteiger partial charge in [0.15, 0.2) is 0 Å². The Labute approximate surface area is 136 Å². The fourth-order valence-corrected chi connectivity index (χ4v) is 8.93. The minimum absolute atomic E-state index is 0.697. The monoisotopic (exact) mass is 386 g/mol. The Morgan fingerprint density at radius 1 is 0.850 bits per heavy atom. The standard InChI is InChI=1S/C9H20N.C7H16N.CH3.In/c1-6-7-10(8(2)3)9(4)5;1-4-6-8(3)7-5-2;;/h8-9H,1,6-7H2,2-5H3;1,4-7H2,2-3H3;1H3;. The molecule has 0 unspecified atom stereocenters. The molecule has 0 aliphatic heterocycles. The van der Waals surface area contributed by atoms with Crippen LogP contribution in [0.1, 0.15) is 53.9 Å². The van der Waals surface area contributed by atoms with Gasteiger partial charge in [0, 0.05) is 0 Å². The van der Waals surface area contributed by atoms with E-state index in [4.69, 9.17) is 0 Å². The van der Waals surface area contributed by atoms with Gasteiger partial charge in [0.05, 0.1) is 0 Å². The number of nitrogens with zero attached hydrogens (tertiary/aromatic N) is 2. The van der Waals surface area contributed by atoms with Gasteiger partial charge in [-0.25, -0.2) is 0 Å². The molecule has 0 N–H and O–H groups in total. The zero-order valence-corrected chi connectivity index (χ0v) is 18.6. The van der Waals surface area contributed by atoms with Crippen molar-refractivity contribution in [2.75, 3.05) is 26.7 Å². The van der Waals surface area contributed by atoms with Crippen molar-refractivity contribution in [3.05, 3.63) is 0 Å². The summed E-state index contributed by atoms with van der Waals surface area (Å²) in [6, 6.07) is 1.39. The molecule has 0 heterocycles. The normalized spacial score (nSPS) is 12.2. The average molecular weight is 386 g/mol. The summed E-state index contributed by atoms with van der Waals surface area (Å²) in [6.07, 6.45) is 4.18. The second-order valence-electron chi connectivity index (χ2n) is 7.12. The van der Waals surface area contributed by atoms with Crippen LogP contribution in [0.5, 0.6) is 0 Å². The Morgan fingerprint density at radius 2 is 1.35 bits per heavy atom. The fourth-order valence-electron chi connectivity index (χ4n) is 3.08. The van der Waals surface area contributed by atoms with E-state index in [1.54, 1.807) is 8.35 Å². The summed E-state index contributed by atoms with van der Waals surface area (Å²) in [4.78, 5) is 5.14. The molecule has 3 heteroatoms. The van der Waals surface area contributed by atoms with Crippen LogP contribution >= 0.6 is 0 Å². The van der Waals surface area contributed by atoms with Crippen LogP contribution in [0.2, 0.25) is 13.0 Å². The Balaban J connectivity index is 3.69. The van der Waals surface area contributed by atoms with E-state index in [0.29, 0.717) is 12.1 Å². The van der Waals surface area contributed by atoms with Crippen LogP contribution in [0.25, 0.3) is 0 Å². The van der Waals surface area contributed by atoms with Gasteiger partial charge in [-0.3, -0.25) is 0 Å². The van der Waals surface area contributed by atoms with E-state index < -0.39 is 21.4 Å². The first kappa shape index (κ1) is 20.8. The maximum absolute atomic E-state index is 2.65. The molecule has 0 fully saturated rings. The summed E-state index contributed by atoms with van der Waals surface area (Å²) in [5.74, 6) is 0. The van der Waals surface area contributed by atoms with E-state index in [1.165, 1.54) is 38.9 Å². The van der Waals surface area contributed by atoms with Crippen molar-refractivity contribution < 1.29 is 0 Å². The Bertz CT molecular complexity index is 211. The summed E-state index contributed by atoms with van der Waals surface area (Å²) < 4.78 is 5.82. The van der Waals surface area contributed by atoms with E-state index >= 15 is 0 Å². The molecule has 0 saturated carbocycles. The molecule has 2 nitrogen and oxygen atoms in total. The molecule has 0 rings (SSSR count). The van der Waals surface area contributed by atoms with Crippen molar-refractivity contribution in [1.82, 2.24) is 9.80 Å². The van der Waals surface area contributed by atoms with Gasteiger partial charge in [0.2, 0.25) is 0 Å². The molecule has 0 bridgehead atoms. The van der Waals surface area contributed by atoms with Gasteiger partial charge >= 0.3 is 137 Å². The zero-order chi connectivity index (χ0) is 15.5. The predicted molar refractivity (Wildman–Crippen MR) is 95.2 cm³/mol. The van der Waals surface area contributed by atoms with Gasteiger partial charge in [-0.15, -0.1) is 0 Å². The van der Waals surface area contributed by atoms with Gasteiger partial charge in [0.25, 0.3) is 0 Å². The molecule has 120 valence electrons. The van der Waals surface area contributed by atoms with Crippen LogP contribution in [0.3, 0.4) is 0 Å². The second-order valence-corrected chi connectivity index (χ2v) is 16.7. The predicted octanol–water partition coefficient (Wildman–Crippen LogP) is 4.35. The zero-order valence-electron chi connectivity index (χ0n) is 15.3. The average Bonchev–Trinajstić information content (AvgIpc) is 2.33. The minimum atomic E-state index is -1.14. The molecule has 0 saturated heterocycles. The summed E-state index contributed by atoms with van der Waals surface area (Å²) in [6.45, 7) is 15.5.